The van der Waals surface area contributed by atoms with Crippen molar-refractivity contribution in [3.63, 3.8) is 0 Å². The molecular weight excluding hydrogens is 493 g/mol. The number of amides is 2. The van der Waals surface area contributed by atoms with Crippen LogP contribution in [-0.4, -0.2) is 23.6 Å². The third-order valence-corrected chi connectivity index (χ3v) is 6.33. The first-order valence-corrected chi connectivity index (χ1v) is 11.8. The molecule has 1 fully saturated rings. The number of hydrogen-bond acceptors (Lipinski definition) is 5. The number of amidine groups is 1. The molecule has 0 atom stereocenters. The van der Waals surface area contributed by atoms with Crippen LogP contribution in [0.4, 0.5) is 11.4 Å². The first kappa shape index (κ1) is 23.9. The Morgan fingerprint density at radius 1 is 1.09 bits per heavy atom. The second-order valence-corrected chi connectivity index (χ2v) is 9.17. The van der Waals surface area contributed by atoms with Gasteiger partial charge in [0.25, 0.3) is 11.8 Å². The summed E-state index contributed by atoms with van der Waals surface area (Å²) in [5.41, 5.74) is 3.07. The Morgan fingerprint density at radius 2 is 1.85 bits per heavy atom. The second-order valence-electron chi connectivity index (χ2n) is 7.32. The van der Waals surface area contributed by atoms with Crippen molar-refractivity contribution in [3.8, 4) is 5.75 Å². The maximum atomic E-state index is 12.5. The summed E-state index contributed by atoms with van der Waals surface area (Å²) in [6, 6.07) is 19.7. The van der Waals surface area contributed by atoms with Crippen LogP contribution in [0.25, 0.3) is 6.08 Å². The van der Waals surface area contributed by atoms with Crippen molar-refractivity contribution in [1.29, 1.82) is 0 Å². The molecule has 0 unspecified atom stereocenters. The fourth-order valence-electron chi connectivity index (χ4n) is 3.00. The predicted octanol–water partition coefficient (Wildman–Crippen LogP) is 6.21. The van der Waals surface area contributed by atoms with E-state index in [9.17, 15) is 9.59 Å². The van der Waals surface area contributed by atoms with Gasteiger partial charge >= 0.3 is 0 Å². The van der Waals surface area contributed by atoms with E-state index in [0.717, 1.165) is 11.3 Å². The van der Waals surface area contributed by atoms with E-state index in [0.29, 0.717) is 37.1 Å². The summed E-state index contributed by atoms with van der Waals surface area (Å²) < 4.78 is 5.72. The molecule has 172 valence electrons. The zero-order valence-corrected chi connectivity index (χ0v) is 20.3. The average Bonchev–Trinajstić information content (AvgIpc) is 3.15. The van der Waals surface area contributed by atoms with E-state index < -0.39 is 0 Å². The van der Waals surface area contributed by atoms with Crippen LogP contribution in [-0.2, 0) is 9.59 Å². The van der Waals surface area contributed by atoms with E-state index in [1.807, 2.05) is 43.3 Å². The van der Waals surface area contributed by atoms with Gasteiger partial charge in [-0.25, -0.2) is 4.99 Å². The largest absolute Gasteiger partial charge is 0.483 e. The molecule has 34 heavy (non-hydrogen) atoms. The number of ether oxygens (including phenoxy) is 1. The first-order chi connectivity index (χ1) is 16.4. The minimum Gasteiger partial charge on any atom is -0.483 e. The molecule has 0 aliphatic carbocycles. The number of carbonyl (C=O) groups is 2. The molecule has 0 bridgehead atoms. The number of para-hydroxylation sites is 1. The topological polar surface area (TPSA) is 79.8 Å². The number of halogens is 2. The summed E-state index contributed by atoms with van der Waals surface area (Å²) in [6.45, 7) is 1.78. The van der Waals surface area contributed by atoms with Crippen LogP contribution in [0.15, 0.2) is 76.6 Å². The minimum atomic E-state index is -0.360. The average molecular weight is 512 g/mol. The third kappa shape index (κ3) is 6.20. The predicted molar refractivity (Wildman–Crippen MR) is 139 cm³/mol. The van der Waals surface area contributed by atoms with Crippen molar-refractivity contribution in [2.24, 2.45) is 4.99 Å². The van der Waals surface area contributed by atoms with Crippen molar-refractivity contribution in [3.05, 3.63) is 92.8 Å². The van der Waals surface area contributed by atoms with E-state index in [2.05, 4.69) is 15.6 Å². The van der Waals surface area contributed by atoms with E-state index in [1.54, 1.807) is 36.4 Å². The Morgan fingerprint density at radius 3 is 2.62 bits per heavy atom. The molecule has 2 N–H and O–H groups in total. The highest BCUT2D eigenvalue weighted by atomic mass is 35.5. The normalized spacial score (nSPS) is 15.4. The third-order valence-electron chi connectivity index (χ3n) is 4.68. The molecule has 0 radical (unpaired) electrons. The molecule has 1 heterocycles. The van der Waals surface area contributed by atoms with Gasteiger partial charge in [0.2, 0.25) is 0 Å². The van der Waals surface area contributed by atoms with Gasteiger partial charge < -0.3 is 15.4 Å². The zero-order valence-electron chi connectivity index (χ0n) is 18.0. The van der Waals surface area contributed by atoms with Gasteiger partial charge in [0.1, 0.15) is 5.75 Å². The van der Waals surface area contributed by atoms with Gasteiger partial charge in [-0.15, -0.1) is 0 Å². The molecule has 1 aliphatic heterocycles. The van der Waals surface area contributed by atoms with Crippen molar-refractivity contribution in [2.75, 3.05) is 11.9 Å². The molecule has 0 aromatic heterocycles. The van der Waals surface area contributed by atoms with Crippen LogP contribution < -0.4 is 15.4 Å². The first-order valence-electron chi connectivity index (χ1n) is 10.2. The molecule has 1 saturated heterocycles. The number of benzene rings is 3. The highest BCUT2D eigenvalue weighted by Crippen LogP contribution is 2.31. The van der Waals surface area contributed by atoms with Crippen molar-refractivity contribution >= 4 is 69.4 Å². The molecule has 0 spiro atoms. The van der Waals surface area contributed by atoms with Gasteiger partial charge in [0.15, 0.2) is 11.8 Å². The summed E-state index contributed by atoms with van der Waals surface area (Å²) in [6.07, 6.45) is 1.71. The Balaban J connectivity index is 1.43. The molecule has 3 aromatic rings. The Kier molecular flexibility index (Phi) is 7.57. The lowest BCUT2D eigenvalue weighted by molar-refractivity contribution is -0.118. The van der Waals surface area contributed by atoms with E-state index >= 15 is 0 Å². The van der Waals surface area contributed by atoms with Gasteiger partial charge in [0, 0.05) is 11.3 Å². The lowest BCUT2D eigenvalue weighted by Gasteiger charge is -2.10. The van der Waals surface area contributed by atoms with Crippen molar-refractivity contribution < 1.29 is 14.3 Å². The van der Waals surface area contributed by atoms with E-state index in [4.69, 9.17) is 27.9 Å². The summed E-state index contributed by atoms with van der Waals surface area (Å²) in [4.78, 5) is 29.7. The quantitative estimate of drug-likeness (QED) is 0.385. The number of aliphatic imine (C=N–C) groups is 1. The Labute approximate surface area is 211 Å². The van der Waals surface area contributed by atoms with Crippen LogP contribution in [0.5, 0.6) is 5.75 Å². The maximum absolute atomic E-state index is 12.5. The van der Waals surface area contributed by atoms with Crippen LogP contribution in [0.3, 0.4) is 0 Å². The van der Waals surface area contributed by atoms with Gasteiger partial charge in [-0.2, -0.15) is 0 Å². The number of nitrogens with zero attached hydrogens (tertiary/aromatic N) is 1. The fraction of sp³-hybridized carbons (Fsp3) is 0.0800. The summed E-state index contributed by atoms with van der Waals surface area (Å²) in [7, 11) is 0. The zero-order chi connectivity index (χ0) is 24.1. The molecule has 2 amide bonds. The number of rotatable bonds is 6. The number of carbonyl (C=O) groups excluding carboxylic acids is 2. The van der Waals surface area contributed by atoms with Crippen molar-refractivity contribution in [1.82, 2.24) is 5.32 Å². The Hall–Kier alpha value is -3.26. The maximum Gasteiger partial charge on any atom is 0.264 e. The highest BCUT2D eigenvalue weighted by molar-refractivity contribution is 8.18. The number of aryl methyl sites for hydroxylation is 1. The summed E-state index contributed by atoms with van der Waals surface area (Å²) in [5.74, 6) is -0.138. The smallest absolute Gasteiger partial charge is 0.264 e. The number of hydrogen-bond donors (Lipinski definition) is 2. The van der Waals surface area contributed by atoms with E-state index in [-0.39, 0.29) is 18.4 Å². The van der Waals surface area contributed by atoms with Gasteiger partial charge in [-0.05, 0) is 61.2 Å². The summed E-state index contributed by atoms with van der Waals surface area (Å²) >= 11 is 13.1. The number of anilines is 1. The molecule has 1 aliphatic rings. The minimum absolute atomic E-state index is 0.222. The van der Waals surface area contributed by atoms with Crippen LogP contribution in [0.1, 0.15) is 11.1 Å². The van der Waals surface area contributed by atoms with Gasteiger partial charge in [-0.1, -0.05) is 59.1 Å². The van der Waals surface area contributed by atoms with Gasteiger partial charge in [-0.3, -0.25) is 9.59 Å². The van der Waals surface area contributed by atoms with Gasteiger partial charge in [0.05, 0.1) is 20.6 Å². The van der Waals surface area contributed by atoms with Crippen LogP contribution in [0, 0.1) is 6.92 Å². The number of nitrogens with one attached hydrogen (secondary N) is 2. The molecule has 4 rings (SSSR count). The molecule has 0 saturated carbocycles. The van der Waals surface area contributed by atoms with Crippen molar-refractivity contribution in [2.45, 2.75) is 6.92 Å². The van der Waals surface area contributed by atoms with Crippen LogP contribution in [0.2, 0.25) is 10.0 Å². The van der Waals surface area contributed by atoms with E-state index in [1.165, 1.54) is 11.8 Å². The monoisotopic (exact) mass is 511 g/mol. The SMILES string of the molecule is Cc1ccc(N=C2NC(=O)/C(=C\c3ccccc3OCC(=O)Nc3ccc(Cl)c(Cl)c3)S2)cc1. The lowest BCUT2D eigenvalue weighted by atomic mass is 10.2. The number of thioether (sulfide) groups is 1. The lowest BCUT2D eigenvalue weighted by Crippen LogP contribution is -2.20. The second kappa shape index (κ2) is 10.8. The fourth-order valence-corrected chi connectivity index (χ4v) is 4.13. The highest BCUT2D eigenvalue weighted by Gasteiger charge is 2.24. The molecule has 9 heteroatoms. The molecule has 6 nitrogen and oxygen atoms in total. The summed E-state index contributed by atoms with van der Waals surface area (Å²) in [5, 5.41) is 6.72. The molecular formula is C25H19Cl2N3O3S. The Bertz CT molecular complexity index is 1310. The van der Waals surface area contributed by atoms with Crippen LogP contribution >= 0.6 is 35.0 Å². The standard InChI is InChI=1S/C25H19Cl2N3O3S/c1-15-6-8-17(9-7-15)29-25-30-24(32)22(34-25)12-16-4-2-3-5-21(16)33-14-23(31)28-18-10-11-19(26)20(27)13-18/h2-13H,14H2,1H3,(H,28,31)(H,29,30,32)/b22-12+. The molecule has 3 aromatic carbocycles.